The summed E-state index contributed by atoms with van der Waals surface area (Å²) >= 11 is 0. The lowest BCUT2D eigenvalue weighted by Crippen LogP contribution is -2.23. The second kappa shape index (κ2) is 8.10. The van der Waals surface area contributed by atoms with Gasteiger partial charge in [-0.2, -0.15) is 0 Å². The number of rotatable bonds is 7. The highest BCUT2D eigenvalue weighted by Gasteiger charge is 2.13. The van der Waals surface area contributed by atoms with Gasteiger partial charge in [0.15, 0.2) is 11.5 Å². The molecule has 2 aromatic rings. The van der Waals surface area contributed by atoms with Crippen molar-refractivity contribution in [3.8, 4) is 17.2 Å². The van der Waals surface area contributed by atoms with E-state index >= 15 is 0 Å². The molecule has 24 heavy (non-hydrogen) atoms. The van der Waals surface area contributed by atoms with Crippen LogP contribution in [0.4, 0.5) is 0 Å². The van der Waals surface area contributed by atoms with Crippen molar-refractivity contribution in [2.45, 2.75) is 6.54 Å². The highest BCUT2D eigenvalue weighted by molar-refractivity contribution is 5.91. The van der Waals surface area contributed by atoms with Crippen LogP contribution in [0.5, 0.6) is 17.2 Å². The topological polar surface area (TPSA) is 61.1 Å². The summed E-state index contributed by atoms with van der Waals surface area (Å²) in [5.41, 5.74) is 0.768. The zero-order chi connectivity index (χ0) is 17.5. The van der Waals surface area contributed by atoms with Gasteiger partial charge in [-0.1, -0.05) is 0 Å². The minimum absolute atomic E-state index is 0.139. The molecule has 128 valence electrons. The Bertz CT molecular complexity index is 681. The molecular formula is C18H21NO5. The predicted octanol–water partition coefficient (Wildman–Crippen LogP) is 2.98. The van der Waals surface area contributed by atoms with E-state index in [0.29, 0.717) is 23.8 Å². The van der Waals surface area contributed by atoms with E-state index in [1.807, 2.05) is 6.07 Å². The zero-order valence-corrected chi connectivity index (χ0v) is 14.2. The van der Waals surface area contributed by atoms with Crippen molar-refractivity contribution < 1.29 is 23.4 Å². The number of likely N-dealkylation sites (N-methyl/N-ethyl adjacent to an activating group) is 1. The summed E-state index contributed by atoms with van der Waals surface area (Å²) in [5, 5.41) is 0. The summed E-state index contributed by atoms with van der Waals surface area (Å²) in [6.45, 7) is 0.408. The van der Waals surface area contributed by atoms with Gasteiger partial charge in [0.25, 0.3) is 0 Å². The van der Waals surface area contributed by atoms with Gasteiger partial charge < -0.3 is 23.5 Å². The molecule has 0 bridgehead atoms. The van der Waals surface area contributed by atoms with Crippen LogP contribution in [-0.2, 0) is 11.3 Å². The zero-order valence-electron chi connectivity index (χ0n) is 14.2. The minimum Gasteiger partial charge on any atom is -0.493 e. The largest absolute Gasteiger partial charge is 0.493 e. The molecule has 2 rings (SSSR count). The Hall–Kier alpha value is -2.89. The Labute approximate surface area is 141 Å². The Balaban J connectivity index is 2.14. The first-order valence-electron chi connectivity index (χ1n) is 7.34. The van der Waals surface area contributed by atoms with Gasteiger partial charge >= 0.3 is 0 Å². The summed E-state index contributed by atoms with van der Waals surface area (Å²) in [6, 6.07) is 7.17. The molecule has 0 fully saturated rings. The molecule has 1 aromatic heterocycles. The van der Waals surface area contributed by atoms with Crippen LogP contribution >= 0.6 is 0 Å². The summed E-state index contributed by atoms with van der Waals surface area (Å²) in [7, 11) is 6.35. The van der Waals surface area contributed by atoms with Gasteiger partial charge in [0.2, 0.25) is 11.7 Å². The van der Waals surface area contributed by atoms with E-state index < -0.39 is 0 Å². The number of hydrogen-bond donors (Lipinski definition) is 0. The summed E-state index contributed by atoms with van der Waals surface area (Å²) in [4.78, 5) is 13.7. The van der Waals surface area contributed by atoms with E-state index in [-0.39, 0.29) is 5.91 Å². The van der Waals surface area contributed by atoms with Crippen LogP contribution in [0, 0.1) is 0 Å². The van der Waals surface area contributed by atoms with Crippen LogP contribution in [0.2, 0.25) is 0 Å². The van der Waals surface area contributed by atoms with Gasteiger partial charge in [0.1, 0.15) is 5.76 Å². The Kier molecular flexibility index (Phi) is 5.89. The molecule has 0 spiro atoms. The molecule has 0 N–H and O–H groups in total. The van der Waals surface area contributed by atoms with Crippen molar-refractivity contribution in [2.75, 3.05) is 28.4 Å². The van der Waals surface area contributed by atoms with Gasteiger partial charge in [-0.3, -0.25) is 4.79 Å². The molecule has 0 radical (unpaired) electrons. The minimum atomic E-state index is -0.139. The first-order valence-corrected chi connectivity index (χ1v) is 7.34. The fourth-order valence-electron chi connectivity index (χ4n) is 2.21. The molecule has 0 atom stereocenters. The Morgan fingerprint density at radius 1 is 1.17 bits per heavy atom. The number of benzene rings is 1. The van der Waals surface area contributed by atoms with E-state index in [9.17, 15) is 4.79 Å². The highest BCUT2D eigenvalue weighted by atomic mass is 16.5. The lowest BCUT2D eigenvalue weighted by Gasteiger charge is -2.14. The van der Waals surface area contributed by atoms with Crippen LogP contribution in [0.25, 0.3) is 6.08 Å². The van der Waals surface area contributed by atoms with Gasteiger partial charge in [0, 0.05) is 13.1 Å². The maximum Gasteiger partial charge on any atom is 0.246 e. The maximum absolute atomic E-state index is 12.2. The average Bonchev–Trinajstić information content (AvgIpc) is 3.11. The van der Waals surface area contributed by atoms with Gasteiger partial charge in [-0.05, 0) is 35.9 Å². The Morgan fingerprint density at radius 3 is 2.33 bits per heavy atom. The van der Waals surface area contributed by atoms with Crippen LogP contribution < -0.4 is 14.2 Å². The highest BCUT2D eigenvalue weighted by Crippen LogP contribution is 2.38. The normalized spacial score (nSPS) is 10.7. The number of carbonyl (C=O) groups excluding carboxylic acids is 1. The first kappa shape index (κ1) is 17.5. The molecule has 0 saturated carbocycles. The third kappa shape index (κ3) is 4.10. The molecule has 6 heteroatoms. The molecule has 0 aliphatic carbocycles. The van der Waals surface area contributed by atoms with Crippen molar-refractivity contribution in [1.29, 1.82) is 0 Å². The third-order valence-corrected chi connectivity index (χ3v) is 3.45. The van der Waals surface area contributed by atoms with Gasteiger partial charge in [-0.15, -0.1) is 0 Å². The van der Waals surface area contributed by atoms with Crippen LogP contribution in [0.1, 0.15) is 11.3 Å². The molecule has 0 aliphatic heterocycles. The quantitative estimate of drug-likeness (QED) is 0.730. The van der Waals surface area contributed by atoms with E-state index in [4.69, 9.17) is 18.6 Å². The summed E-state index contributed by atoms with van der Waals surface area (Å²) in [6.07, 6.45) is 4.77. The number of furan rings is 1. The summed E-state index contributed by atoms with van der Waals surface area (Å²) < 4.78 is 21.1. The van der Waals surface area contributed by atoms with Crippen LogP contribution in [0.3, 0.4) is 0 Å². The number of amides is 1. The molecule has 1 heterocycles. The van der Waals surface area contributed by atoms with E-state index in [0.717, 1.165) is 11.3 Å². The number of hydrogen-bond acceptors (Lipinski definition) is 5. The molecule has 0 saturated heterocycles. The van der Waals surface area contributed by atoms with Gasteiger partial charge in [0.05, 0.1) is 34.1 Å². The fraction of sp³-hybridized carbons (Fsp3) is 0.278. The van der Waals surface area contributed by atoms with Crippen LogP contribution in [-0.4, -0.2) is 39.2 Å². The molecule has 0 aliphatic rings. The number of nitrogens with zero attached hydrogens (tertiary/aromatic N) is 1. The fourth-order valence-corrected chi connectivity index (χ4v) is 2.21. The molecule has 0 unspecified atom stereocenters. The van der Waals surface area contributed by atoms with Crippen molar-refractivity contribution in [1.82, 2.24) is 4.90 Å². The average molecular weight is 331 g/mol. The predicted molar refractivity (Wildman–Crippen MR) is 90.3 cm³/mol. The number of methoxy groups -OCH3 is 3. The summed E-state index contributed by atoms with van der Waals surface area (Å²) in [5.74, 6) is 2.17. The first-order chi connectivity index (χ1) is 11.6. The van der Waals surface area contributed by atoms with Crippen molar-refractivity contribution in [3.63, 3.8) is 0 Å². The second-order valence-corrected chi connectivity index (χ2v) is 5.07. The molecule has 6 nitrogen and oxygen atoms in total. The number of ether oxygens (including phenoxy) is 3. The maximum atomic E-state index is 12.2. The van der Waals surface area contributed by atoms with Crippen molar-refractivity contribution >= 4 is 12.0 Å². The standard InChI is InChI=1S/C18H21NO5/c1-19(12-14-6-5-9-24-14)17(20)8-7-13-10-15(21-2)18(23-4)16(11-13)22-3/h5-11H,12H2,1-4H3/b8-7+. The van der Waals surface area contributed by atoms with E-state index in [1.54, 1.807) is 63.8 Å². The smallest absolute Gasteiger partial charge is 0.246 e. The van der Waals surface area contributed by atoms with Crippen molar-refractivity contribution in [2.24, 2.45) is 0 Å². The van der Waals surface area contributed by atoms with E-state index in [1.165, 1.54) is 6.08 Å². The third-order valence-electron chi connectivity index (χ3n) is 3.45. The molecule has 1 aromatic carbocycles. The van der Waals surface area contributed by atoms with E-state index in [2.05, 4.69) is 0 Å². The van der Waals surface area contributed by atoms with Crippen LogP contribution in [0.15, 0.2) is 41.0 Å². The molecule has 1 amide bonds. The lowest BCUT2D eigenvalue weighted by molar-refractivity contribution is -0.125. The SMILES string of the molecule is COc1cc(/C=C/C(=O)N(C)Cc2ccco2)cc(OC)c1OC. The monoisotopic (exact) mass is 331 g/mol. The number of carbonyl (C=O) groups is 1. The van der Waals surface area contributed by atoms with Crippen molar-refractivity contribution in [3.05, 3.63) is 47.9 Å². The van der Waals surface area contributed by atoms with Gasteiger partial charge in [-0.25, -0.2) is 0 Å². The lowest BCUT2D eigenvalue weighted by atomic mass is 10.1. The second-order valence-electron chi connectivity index (χ2n) is 5.07. The molecular weight excluding hydrogens is 310 g/mol. The Morgan fingerprint density at radius 2 is 1.83 bits per heavy atom.